The lowest BCUT2D eigenvalue weighted by Crippen LogP contribution is -2.49. The first-order valence-corrected chi connectivity index (χ1v) is 11.6. The van der Waals surface area contributed by atoms with Crippen LogP contribution in [-0.2, 0) is 4.74 Å². The molecule has 0 aliphatic carbocycles. The van der Waals surface area contributed by atoms with Crippen LogP contribution in [0, 0.1) is 0 Å². The second-order valence-electron chi connectivity index (χ2n) is 8.79. The predicted octanol–water partition coefficient (Wildman–Crippen LogP) is 3.38. The van der Waals surface area contributed by atoms with Crippen LogP contribution in [0.25, 0.3) is 22.3 Å². The van der Waals surface area contributed by atoms with Gasteiger partial charge in [0.15, 0.2) is 11.9 Å². The fourth-order valence-electron chi connectivity index (χ4n) is 4.73. The molecule has 2 atom stereocenters. The molecule has 4 heterocycles. The number of phenols is 1. The number of hydrogen-bond acceptors (Lipinski definition) is 6. The smallest absolute Gasteiger partial charge is 0.404 e. The Hall–Kier alpha value is -3.66. The van der Waals surface area contributed by atoms with E-state index >= 15 is 0 Å². The number of nitrogens with zero attached hydrogens (tertiary/aromatic N) is 4. The van der Waals surface area contributed by atoms with E-state index in [1.165, 1.54) is 0 Å². The number of pyridine rings is 1. The Kier molecular flexibility index (Phi) is 6.06. The molecule has 0 radical (unpaired) electrons. The van der Waals surface area contributed by atoms with Crippen LogP contribution in [0.1, 0.15) is 48.7 Å². The third-order valence-corrected chi connectivity index (χ3v) is 6.42. The summed E-state index contributed by atoms with van der Waals surface area (Å²) in [6, 6.07) is 8.11. The van der Waals surface area contributed by atoms with E-state index in [4.69, 9.17) is 14.8 Å². The Labute approximate surface area is 196 Å². The van der Waals surface area contributed by atoms with Gasteiger partial charge in [-0.2, -0.15) is 5.10 Å². The normalized spacial score (nSPS) is 20.9. The Morgan fingerprint density at radius 1 is 1.12 bits per heavy atom. The maximum atomic E-state index is 13.7. The standard InChI is InChI=1S/C24H27N5O5/c30-17-8-6-15(7-9-17)20-12-18(23(31)28-10-3-4-16(14-28)26-24(32)33)19-13-25-29(22(19)27-20)21-5-1-2-11-34-21/h6-9,12-13,16,21,26,30H,1-5,10-11,14H2,(H,32,33). The molecule has 0 bridgehead atoms. The molecule has 2 saturated heterocycles. The van der Waals surface area contributed by atoms with Crippen molar-refractivity contribution in [3.8, 4) is 17.0 Å². The Morgan fingerprint density at radius 2 is 1.94 bits per heavy atom. The summed E-state index contributed by atoms with van der Waals surface area (Å²) >= 11 is 0. The Morgan fingerprint density at radius 3 is 2.68 bits per heavy atom. The van der Waals surface area contributed by atoms with Crippen LogP contribution >= 0.6 is 0 Å². The minimum absolute atomic E-state index is 0.145. The first kappa shape index (κ1) is 22.1. The number of amides is 2. The van der Waals surface area contributed by atoms with Gasteiger partial charge in [0.2, 0.25) is 0 Å². The minimum Gasteiger partial charge on any atom is -0.508 e. The van der Waals surface area contributed by atoms with Gasteiger partial charge in [0.1, 0.15) is 5.75 Å². The molecule has 10 heteroatoms. The largest absolute Gasteiger partial charge is 0.508 e. The molecule has 34 heavy (non-hydrogen) atoms. The van der Waals surface area contributed by atoms with Gasteiger partial charge in [-0.05, 0) is 62.4 Å². The molecular weight excluding hydrogens is 438 g/mol. The monoisotopic (exact) mass is 465 g/mol. The molecule has 2 aliphatic rings. The molecule has 2 amide bonds. The summed E-state index contributed by atoms with van der Waals surface area (Å²) in [7, 11) is 0. The van der Waals surface area contributed by atoms with Gasteiger partial charge in [0.25, 0.3) is 5.91 Å². The summed E-state index contributed by atoms with van der Waals surface area (Å²) in [6.45, 7) is 1.51. The number of carbonyl (C=O) groups is 2. The summed E-state index contributed by atoms with van der Waals surface area (Å²) in [5, 5.41) is 26.5. The number of benzene rings is 1. The van der Waals surface area contributed by atoms with E-state index in [1.54, 1.807) is 46.1 Å². The zero-order chi connectivity index (χ0) is 23.7. The second kappa shape index (κ2) is 9.30. The van der Waals surface area contributed by atoms with Gasteiger partial charge in [-0.15, -0.1) is 0 Å². The fourth-order valence-corrected chi connectivity index (χ4v) is 4.73. The van der Waals surface area contributed by atoms with Crippen molar-refractivity contribution in [3.63, 3.8) is 0 Å². The maximum Gasteiger partial charge on any atom is 0.404 e. The lowest BCUT2D eigenvalue weighted by Gasteiger charge is -2.32. The molecule has 2 unspecified atom stereocenters. The molecule has 5 rings (SSSR count). The van der Waals surface area contributed by atoms with Gasteiger partial charge in [-0.1, -0.05) is 0 Å². The fraction of sp³-hybridized carbons (Fsp3) is 0.417. The number of hydrogen-bond donors (Lipinski definition) is 3. The molecule has 1 aromatic carbocycles. The third kappa shape index (κ3) is 4.41. The minimum atomic E-state index is -1.09. The molecule has 2 aromatic heterocycles. The molecule has 178 valence electrons. The number of aromatic nitrogens is 3. The van der Waals surface area contributed by atoms with E-state index < -0.39 is 6.09 Å². The average Bonchev–Trinajstić information content (AvgIpc) is 3.28. The highest BCUT2D eigenvalue weighted by molar-refractivity contribution is 6.06. The van der Waals surface area contributed by atoms with Crippen molar-refractivity contribution in [2.75, 3.05) is 19.7 Å². The molecule has 10 nitrogen and oxygen atoms in total. The van der Waals surface area contributed by atoms with E-state index in [1.807, 2.05) is 0 Å². The van der Waals surface area contributed by atoms with Crippen LogP contribution in [0.15, 0.2) is 36.5 Å². The zero-order valence-corrected chi connectivity index (χ0v) is 18.7. The lowest BCUT2D eigenvalue weighted by molar-refractivity contribution is -0.0370. The number of carbonyl (C=O) groups excluding carboxylic acids is 1. The van der Waals surface area contributed by atoms with Crippen molar-refractivity contribution in [1.29, 1.82) is 0 Å². The number of carboxylic acid groups (broad SMARTS) is 1. The van der Waals surface area contributed by atoms with Crippen molar-refractivity contribution < 1.29 is 24.5 Å². The highest BCUT2D eigenvalue weighted by Gasteiger charge is 2.29. The van der Waals surface area contributed by atoms with Gasteiger partial charge in [-0.25, -0.2) is 14.5 Å². The highest BCUT2D eigenvalue weighted by atomic mass is 16.5. The Bertz CT molecular complexity index is 1200. The topological polar surface area (TPSA) is 130 Å². The van der Waals surface area contributed by atoms with Crippen molar-refractivity contribution in [3.05, 3.63) is 42.1 Å². The number of nitrogens with one attached hydrogen (secondary N) is 1. The number of fused-ring (bicyclic) bond motifs is 1. The van der Waals surface area contributed by atoms with Crippen LogP contribution < -0.4 is 5.32 Å². The molecule has 2 fully saturated rings. The van der Waals surface area contributed by atoms with Gasteiger partial charge in [-0.3, -0.25) is 4.79 Å². The number of phenolic OH excluding ortho intramolecular Hbond substituents is 1. The Balaban J connectivity index is 1.56. The summed E-state index contributed by atoms with van der Waals surface area (Å²) in [4.78, 5) is 31.3. The van der Waals surface area contributed by atoms with Crippen LogP contribution in [0.2, 0.25) is 0 Å². The van der Waals surface area contributed by atoms with Crippen molar-refractivity contribution in [2.24, 2.45) is 0 Å². The van der Waals surface area contributed by atoms with Gasteiger partial charge in [0, 0.05) is 31.3 Å². The van der Waals surface area contributed by atoms with Crippen molar-refractivity contribution in [2.45, 2.75) is 44.4 Å². The van der Waals surface area contributed by atoms with Gasteiger partial charge < -0.3 is 25.2 Å². The van der Waals surface area contributed by atoms with E-state index in [0.29, 0.717) is 54.8 Å². The van der Waals surface area contributed by atoms with Crippen molar-refractivity contribution >= 4 is 23.0 Å². The average molecular weight is 466 g/mol. The van der Waals surface area contributed by atoms with E-state index in [9.17, 15) is 14.7 Å². The molecular formula is C24H27N5O5. The van der Waals surface area contributed by atoms with E-state index in [0.717, 1.165) is 24.8 Å². The summed E-state index contributed by atoms with van der Waals surface area (Å²) in [5.41, 5.74) is 2.38. The summed E-state index contributed by atoms with van der Waals surface area (Å²) < 4.78 is 7.68. The summed E-state index contributed by atoms with van der Waals surface area (Å²) in [6.07, 6.45) is 4.59. The molecule has 2 aliphatic heterocycles. The second-order valence-corrected chi connectivity index (χ2v) is 8.79. The van der Waals surface area contributed by atoms with Gasteiger partial charge in [0.05, 0.1) is 22.8 Å². The number of piperidine rings is 1. The number of likely N-dealkylation sites (tertiary alicyclic amines) is 1. The lowest BCUT2D eigenvalue weighted by atomic mass is 10.0. The number of rotatable bonds is 4. The first-order valence-electron chi connectivity index (χ1n) is 11.6. The van der Waals surface area contributed by atoms with Crippen LogP contribution in [0.5, 0.6) is 5.75 Å². The van der Waals surface area contributed by atoms with Crippen LogP contribution in [0.3, 0.4) is 0 Å². The van der Waals surface area contributed by atoms with Crippen LogP contribution in [0.4, 0.5) is 4.79 Å². The quantitative estimate of drug-likeness (QED) is 0.539. The first-order chi connectivity index (χ1) is 16.5. The van der Waals surface area contributed by atoms with E-state index in [2.05, 4.69) is 10.4 Å². The predicted molar refractivity (Wildman–Crippen MR) is 124 cm³/mol. The third-order valence-electron chi connectivity index (χ3n) is 6.42. The summed E-state index contributed by atoms with van der Waals surface area (Å²) in [5.74, 6) is -0.0412. The molecule has 3 N–H and O–H groups in total. The SMILES string of the molecule is O=C(O)NC1CCCN(C(=O)c2cc(-c3ccc(O)cc3)nc3c2cnn3C2CCCCO2)C1. The van der Waals surface area contributed by atoms with E-state index in [-0.39, 0.29) is 23.9 Å². The van der Waals surface area contributed by atoms with Crippen molar-refractivity contribution in [1.82, 2.24) is 25.0 Å². The maximum absolute atomic E-state index is 13.7. The zero-order valence-electron chi connectivity index (χ0n) is 18.7. The number of ether oxygens (including phenoxy) is 1. The molecule has 3 aromatic rings. The van der Waals surface area contributed by atoms with Crippen LogP contribution in [-0.4, -0.2) is 67.6 Å². The molecule has 0 spiro atoms. The number of aromatic hydroxyl groups is 1. The molecule has 0 saturated carbocycles. The highest BCUT2D eigenvalue weighted by Crippen LogP contribution is 2.31. The van der Waals surface area contributed by atoms with Gasteiger partial charge >= 0.3 is 6.09 Å².